The normalized spacial score (nSPS) is 20.0. The Hall–Kier alpha value is -2.22. The monoisotopic (exact) mass is 307 g/mol. The molecule has 1 aliphatic rings. The SMILES string of the molecule is CCCC1C(Nc2cccc(-c3ccccc3)c2)=COC1CC. The largest absolute Gasteiger partial charge is 0.496 e. The highest BCUT2D eigenvalue weighted by atomic mass is 16.5. The third kappa shape index (κ3) is 3.58. The van der Waals surface area contributed by atoms with Crippen molar-refractivity contribution in [2.24, 2.45) is 5.92 Å². The van der Waals surface area contributed by atoms with Crippen LogP contribution in [0.1, 0.15) is 33.1 Å². The molecule has 2 aromatic rings. The summed E-state index contributed by atoms with van der Waals surface area (Å²) in [5.41, 5.74) is 4.81. The maximum Gasteiger partial charge on any atom is 0.106 e. The van der Waals surface area contributed by atoms with Gasteiger partial charge in [-0.1, -0.05) is 62.7 Å². The molecule has 1 heterocycles. The molecule has 2 atom stereocenters. The van der Waals surface area contributed by atoms with Crippen molar-refractivity contribution >= 4 is 5.69 Å². The summed E-state index contributed by atoms with van der Waals surface area (Å²) in [6, 6.07) is 19.1. The Morgan fingerprint density at radius 2 is 1.74 bits per heavy atom. The van der Waals surface area contributed by atoms with Crippen LogP contribution in [0.15, 0.2) is 66.6 Å². The van der Waals surface area contributed by atoms with E-state index in [1.54, 1.807) is 0 Å². The molecule has 23 heavy (non-hydrogen) atoms. The van der Waals surface area contributed by atoms with Crippen LogP contribution in [-0.4, -0.2) is 6.10 Å². The van der Waals surface area contributed by atoms with E-state index >= 15 is 0 Å². The Morgan fingerprint density at radius 3 is 2.48 bits per heavy atom. The Morgan fingerprint density at radius 1 is 0.957 bits per heavy atom. The summed E-state index contributed by atoms with van der Waals surface area (Å²) in [5.74, 6) is 0.477. The molecule has 0 fully saturated rings. The molecule has 1 aliphatic heterocycles. The second kappa shape index (κ2) is 7.36. The quantitative estimate of drug-likeness (QED) is 0.724. The first-order valence-corrected chi connectivity index (χ1v) is 8.59. The number of hydrogen-bond donors (Lipinski definition) is 1. The lowest BCUT2D eigenvalue weighted by atomic mass is 9.93. The molecular weight excluding hydrogens is 282 g/mol. The van der Waals surface area contributed by atoms with Gasteiger partial charge >= 0.3 is 0 Å². The summed E-state index contributed by atoms with van der Waals surface area (Å²) in [4.78, 5) is 0. The molecular formula is C21H25NO. The smallest absolute Gasteiger partial charge is 0.106 e. The zero-order chi connectivity index (χ0) is 16.1. The molecule has 2 aromatic carbocycles. The molecule has 120 valence electrons. The Labute approximate surface area is 139 Å². The van der Waals surface area contributed by atoms with Crippen LogP contribution < -0.4 is 5.32 Å². The molecule has 2 unspecified atom stereocenters. The Kier molecular flexibility index (Phi) is 5.02. The van der Waals surface area contributed by atoms with Crippen LogP contribution in [0, 0.1) is 5.92 Å². The van der Waals surface area contributed by atoms with E-state index < -0.39 is 0 Å². The molecule has 0 spiro atoms. The van der Waals surface area contributed by atoms with Gasteiger partial charge in [0.05, 0.1) is 5.70 Å². The van der Waals surface area contributed by atoms with Crippen LogP contribution in [0.5, 0.6) is 0 Å². The fourth-order valence-electron chi connectivity index (χ4n) is 3.27. The summed E-state index contributed by atoms with van der Waals surface area (Å²) in [6.45, 7) is 4.43. The van der Waals surface area contributed by atoms with Gasteiger partial charge in [-0.3, -0.25) is 0 Å². The maximum atomic E-state index is 5.84. The molecule has 0 saturated carbocycles. The maximum absolute atomic E-state index is 5.84. The average Bonchev–Trinajstić information content (AvgIpc) is 2.98. The fourth-order valence-corrected chi connectivity index (χ4v) is 3.27. The highest BCUT2D eigenvalue weighted by molar-refractivity contribution is 5.68. The van der Waals surface area contributed by atoms with E-state index in [9.17, 15) is 0 Å². The van der Waals surface area contributed by atoms with Gasteiger partial charge in [0.1, 0.15) is 12.4 Å². The van der Waals surface area contributed by atoms with Crippen LogP contribution >= 0.6 is 0 Å². The first-order valence-electron chi connectivity index (χ1n) is 8.59. The van der Waals surface area contributed by atoms with E-state index in [-0.39, 0.29) is 0 Å². The minimum atomic E-state index is 0.315. The van der Waals surface area contributed by atoms with Crippen LogP contribution in [0.4, 0.5) is 5.69 Å². The average molecular weight is 307 g/mol. The van der Waals surface area contributed by atoms with Gasteiger partial charge in [-0.15, -0.1) is 0 Å². The summed E-state index contributed by atoms with van der Waals surface area (Å²) < 4.78 is 5.84. The standard InChI is InChI=1S/C21H25NO/c1-3-9-19-20(15-23-21(19)4-2)22-18-13-8-12-17(14-18)16-10-6-5-7-11-16/h5-8,10-15,19,21-22H,3-4,9H2,1-2H3. The van der Waals surface area contributed by atoms with Crippen molar-refractivity contribution in [3.63, 3.8) is 0 Å². The van der Waals surface area contributed by atoms with Gasteiger partial charge in [0.15, 0.2) is 0 Å². The molecule has 0 aromatic heterocycles. The zero-order valence-electron chi connectivity index (χ0n) is 14.0. The zero-order valence-corrected chi connectivity index (χ0v) is 14.0. The molecule has 1 N–H and O–H groups in total. The molecule has 0 amide bonds. The second-order valence-corrected chi connectivity index (χ2v) is 6.12. The molecule has 0 aliphatic carbocycles. The van der Waals surface area contributed by atoms with Crippen LogP contribution in [0.2, 0.25) is 0 Å². The minimum absolute atomic E-state index is 0.315. The van der Waals surface area contributed by atoms with E-state index in [0.717, 1.165) is 18.5 Å². The van der Waals surface area contributed by atoms with Gasteiger partial charge in [-0.05, 0) is 36.1 Å². The van der Waals surface area contributed by atoms with Crippen molar-refractivity contribution in [2.75, 3.05) is 5.32 Å². The number of rotatable bonds is 6. The lowest BCUT2D eigenvalue weighted by molar-refractivity contribution is 0.126. The third-order valence-electron chi connectivity index (χ3n) is 4.48. The van der Waals surface area contributed by atoms with E-state index in [0.29, 0.717) is 12.0 Å². The lowest BCUT2D eigenvalue weighted by Gasteiger charge is -2.20. The topological polar surface area (TPSA) is 21.3 Å². The van der Waals surface area contributed by atoms with Gasteiger partial charge in [-0.2, -0.15) is 0 Å². The molecule has 2 heteroatoms. The Bertz CT molecular complexity index is 663. The summed E-state index contributed by atoms with van der Waals surface area (Å²) >= 11 is 0. The van der Waals surface area contributed by atoms with Crippen LogP contribution in [0.3, 0.4) is 0 Å². The van der Waals surface area contributed by atoms with Gasteiger partial charge < -0.3 is 10.1 Å². The highest BCUT2D eigenvalue weighted by Gasteiger charge is 2.29. The lowest BCUT2D eigenvalue weighted by Crippen LogP contribution is -2.20. The van der Waals surface area contributed by atoms with Crippen LogP contribution in [-0.2, 0) is 4.74 Å². The summed E-state index contributed by atoms with van der Waals surface area (Å²) in [5, 5.41) is 3.59. The number of ether oxygens (including phenoxy) is 1. The summed E-state index contributed by atoms with van der Waals surface area (Å²) in [6.07, 6.45) is 5.62. The molecule has 2 nitrogen and oxygen atoms in total. The van der Waals surface area contributed by atoms with E-state index in [2.05, 4.69) is 67.7 Å². The van der Waals surface area contributed by atoms with E-state index in [1.807, 2.05) is 12.3 Å². The number of benzene rings is 2. The van der Waals surface area contributed by atoms with Crippen molar-refractivity contribution in [3.05, 3.63) is 66.6 Å². The predicted octanol–water partition coefficient (Wildman–Crippen LogP) is 5.83. The van der Waals surface area contributed by atoms with E-state index in [1.165, 1.54) is 23.2 Å². The minimum Gasteiger partial charge on any atom is -0.496 e. The van der Waals surface area contributed by atoms with Gasteiger partial charge in [-0.25, -0.2) is 0 Å². The van der Waals surface area contributed by atoms with Gasteiger partial charge in [0.25, 0.3) is 0 Å². The van der Waals surface area contributed by atoms with Crippen molar-refractivity contribution < 1.29 is 4.74 Å². The molecule has 0 radical (unpaired) electrons. The van der Waals surface area contributed by atoms with E-state index in [4.69, 9.17) is 4.74 Å². The first-order chi connectivity index (χ1) is 11.3. The molecule has 3 rings (SSSR count). The summed E-state index contributed by atoms with van der Waals surface area (Å²) in [7, 11) is 0. The van der Waals surface area contributed by atoms with Gasteiger partial charge in [0, 0.05) is 11.6 Å². The Balaban J connectivity index is 1.78. The van der Waals surface area contributed by atoms with Gasteiger partial charge in [0.2, 0.25) is 0 Å². The molecule has 0 saturated heterocycles. The first kappa shape index (κ1) is 15.7. The molecule has 0 bridgehead atoms. The highest BCUT2D eigenvalue weighted by Crippen LogP contribution is 2.33. The van der Waals surface area contributed by atoms with Crippen molar-refractivity contribution in [3.8, 4) is 11.1 Å². The van der Waals surface area contributed by atoms with Crippen LogP contribution in [0.25, 0.3) is 11.1 Å². The van der Waals surface area contributed by atoms with Crippen molar-refractivity contribution in [1.29, 1.82) is 0 Å². The second-order valence-electron chi connectivity index (χ2n) is 6.12. The number of anilines is 1. The van der Waals surface area contributed by atoms with Crippen molar-refractivity contribution in [2.45, 2.75) is 39.2 Å². The predicted molar refractivity (Wildman–Crippen MR) is 97.1 cm³/mol. The number of nitrogens with one attached hydrogen (secondary N) is 1. The third-order valence-corrected chi connectivity index (χ3v) is 4.48. The fraction of sp³-hybridized carbons (Fsp3) is 0.333. The number of hydrogen-bond acceptors (Lipinski definition) is 2. The van der Waals surface area contributed by atoms with Crippen molar-refractivity contribution in [1.82, 2.24) is 0 Å².